The molecular weight excluding hydrogens is 254 g/mol. The van der Waals surface area contributed by atoms with Crippen LogP contribution in [0.15, 0.2) is 24.3 Å². The third-order valence-electron chi connectivity index (χ3n) is 6.34. The molecule has 3 aliphatic carbocycles. The van der Waals surface area contributed by atoms with Crippen LogP contribution in [0.4, 0.5) is 0 Å². The third-order valence-corrected chi connectivity index (χ3v) is 6.34. The van der Waals surface area contributed by atoms with Gasteiger partial charge < -0.3 is 5.32 Å². The second-order valence-corrected chi connectivity index (χ2v) is 7.59. The summed E-state index contributed by atoms with van der Waals surface area (Å²) < 4.78 is 0. The molecule has 2 saturated carbocycles. The molecule has 1 aromatic carbocycles. The fraction of sp³-hybridized carbons (Fsp3) is 0.700. The van der Waals surface area contributed by atoms with Gasteiger partial charge in [-0.2, -0.15) is 0 Å². The maximum atomic E-state index is 3.92. The topological polar surface area (TPSA) is 12.0 Å². The number of hydrogen-bond donors (Lipinski definition) is 1. The van der Waals surface area contributed by atoms with Gasteiger partial charge in [0.2, 0.25) is 0 Å². The SMILES string of the molecule is CCCNC(CC1Cc2ccccc21)C1C2CCCCC21. The maximum Gasteiger partial charge on any atom is 0.0107 e. The number of nitrogens with one attached hydrogen (secondary N) is 1. The van der Waals surface area contributed by atoms with E-state index in [2.05, 4.69) is 36.5 Å². The van der Waals surface area contributed by atoms with Gasteiger partial charge in [-0.1, -0.05) is 44.0 Å². The summed E-state index contributed by atoms with van der Waals surface area (Å²) in [6.07, 6.45) is 9.98. The van der Waals surface area contributed by atoms with Crippen molar-refractivity contribution in [3.63, 3.8) is 0 Å². The van der Waals surface area contributed by atoms with Crippen LogP contribution in [0.2, 0.25) is 0 Å². The standard InChI is InChI=1S/C20H29N/c1-2-11-21-19(20-17-9-5-6-10-18(17)20)13-15-12-14-7-3-4-8-16(14)15/h3-4,7-8,15,17-21H,2,5-6,9-13H2,1H3. The van der Waals surface area contributed by atoms with Crippen molar-refractivity contribution in [3.8, 4) is 0 Å². The average Bonchev–Trinajstić information content (AvgIpc) is 3.22. The lowest BCUT2D eigenvalue weighted by Gasteiger charge is -2.34. The van der Waals surface area contributed by atoms with Gasteiger partial charge >= 0.3 is 0 Å². The van der Waals surface area contributed by atoms with Gasteiger partial charge in [-0.3, -0.25) is 0 Å². The first-order valence-electron chi connectivity index (χ1n) is 9.19. The van der Waals surface area contributed by atoms with Gasteiger partial charge in [-0.15, -0.1) is 0 Å². The van der Waals surface area contributed by atoms with Crippen LogP contribution in [0.25, 0.3) is 0 Å². The van der Waals surface area contributed by atoms with E-state index in [1.807, 2.05) is 0 Å². The second-order valence-electron chi connectivity index (χ2n) is 7.59. The Hall–Kier alpha value is -0.820. The molecule has 4 rings (SSSR count). The van der Waals surface area contributed by atoms with Gasteiger partial charge in [0.25, 0.3) is 0 Å². The Morgan fingerprint density at radius 3 is 2.62 bits per heavy atom. The zero-order valence-electron chi connectivity index (χ0n) is 13.4. The molecule has 1 N–H and O–H groups in total. The minimum Gasteiger partial charge on any atom is -0.314 e. The van der Waals surface area contributed by atoms with E-state index in [0.717, 1.165) is 29.7 Å². The molecule has 114 valence electrons. The van der Waals surface area contributed by atoms with Crippen molar-refractivity contribution < 1.29 is 0 Å². The molecule has 4 atom stereocenters. The molecule has 0 radical (unpaired) electrons. The Morgan fingerprint density at radius 1 is 1.14 bits per heavy atom. The Balaban J connectivity index is 1.42. The first-order valence-corrected chi connectivity index (χ1v) is 9.19. The van der Waals surface area contributed by atoms with Crippen molar-refractivity contribution >= 4 is 0 Å². The van der Waals surface area contributed by atoms with Crippen LogP contribution in [-0.2, 0) is 6.42 Å². The van der Waals surface area contributed by atoms with Gasteiger partial charge in [0.1, 0.15) is 0 Å². The first kappa shape index (κ1) is 13.8. The predicted octanol–water partition coefficient (Wildman–Crippen LogP) is 4.52. The normalized spacial score (nSPS) is 34.5. The van der Waals surface area contributed by atoms with E-state index in [1.165, 1.54) is 51.5 Å². The molecule has 4 unspecified atom stereocenters. The third kappa shape index (κ3) is 2.54. The molecule has 1 nitrogen and oxygen atoms in total. The molecular formula is C20H29N. The molecule has 0 spiro atoms. The van der Waals surface area contributed by atoms with E-state index in [-0.39, 0.29) is 0 Å². The predicted molar refractivity (Wildman–Crippen MR) is 88.5 cm³/mol. The van der Waals surface area contributed by atoms with Crippen LogP contribution in [0.5, 0.6) is 0 Å². The summed E-state index contributed by atoms with van der Waals surface area (Å²) in [4.78, 5) is 0. The lowest BCUT2D eigenvalue weighted by molar-refractivity contribution is 0.363. The van der Waals surface area contributed by atoms with Crippen molar-refractivity contribution in [3.05, 3.63) is 35.4 Å². The minimum absolute atomic E-state index is 0.788. The number of hydrogen-bond acceptors (Lipinski definition) is 1. The lowest BCUT2D eigenvalue weighted by Crippen LogP contribution is -2.36. The first-order chi connectivity index (χ1) is 10.4. The van der Waals surface area contributed by atoms with Gasteiger partial charge in [0.05, 0.1) is 0 Å². The zero-order chi connectivity index (χ0) is 14.2. The molecule has 3 aliphatic rings. The van der Waals surface area contributed by atoms with E-state index in [0.29, 0.717) is 0 Å². The highest BCUT2D eigenvalue weighted by Gasteiger charge is 2.54. The molecule has 0 aliphatic heterocycles. The number of rotatable bonds is 6. The number of fused-ring (bicyclic) bond motifs is 2. The Morgan fingerprint density at radius 2 is 1.90 bits per heavy atom. The maximum absolute atomic E-state index is 3.92. The molecule has 0 amide bonds. The van der Waals surface area contributed by atoms with Crippen LogP contribution in [0.1, 0.15) is 62.5 Å². The lowest BCUT2D eigenvalue weighted by atomic mass is 9.73. The Labute approximate surface area is 129 Å². The van der Waals surface area contributed by atoms with E-state index >= 15 is 0 Å². The van der Waals surface area contributed by atoms with Crippen LogP contribution in [-0.4, -0.2) is 12.6 Å². The molecule has 0 aromatic heterocycles. The molecule has 0 saturated heterocycles. The summed E-state index contributed by atoms with van der Waals surface area (Å²) in [7, 11) is 0. The van der Waals surface area contributed by atoms with Crippen LogP contribution < -0.4 is 5.32 Å². The van der Waals surface area contributed by atoms with Gasteiger partial charge in [-0.05, 0) is 73.4 Å². The summed E-state index contributed by atoms with van der Waals surface area (Å²) >= 11 is 0. The van der Waals surface area contributed by atoms with Crippen LogP contribution in [0, 0.1) is 17.8 Å². The van der Waals surface area contributed by atoms with Crippen molar-refractivity contribution in [2.24, 2.45) is 17.8 Å². The summed E-state index contributed by atoms with van der Waals surface area (Å²) in [5.41, 5.74) is 3.24. The molecule has 1 aromatic rings. The zero-order valence-corrected chi connectivity index (χ0v) is 13.4. The van der Waals surface area contributed by atoms with Gasteiger partial charge in [0.15, 0.2) is 0 Å². The highest BCUT2D eigenvalue weighted by atomic mass is 14.9. The monoisotopic (exact) mass is 283 g/mol. The van der Waals surface area contributed by atoms with E-state index in [1.54, 1.807) is 11.1 Å². The smallest absolute Gasteiger partial charge is 0.0107 e. The molecule has 0 heterocycles. The van der Waals surface area contributed by atoms with Gasteiger partial charge in [0, 0.05) is 6.04 Å². The van der Waals surface area contributed by atoms with Crippen molar-refractivity contribution in [1.82, 2.24) is 5.32 Å². The summed E-state index contributed by atoms with van der Waals surface area (Å²) in [5, 5.41) is 3.92. The van der Waals surface area contributed by atoms with E-state index < -0.39 is 0 Å². The minimum atomic E-state index is 0.788. The van der Waals surface area contributed by atoms with E-state index in [4.69, 9.17) is 0 Å². The van der Waals surface area contributed by atoms with Crippen molar-refractivity contribution in [1.29, 1.82) is 0 Å². The van der Waals surface area contributed by atoms with Crippen molar-refractivity contribution in [2.75, 3.05) is 6.54 Å². The van der Waals surface area contributed by atoms with Gasteiger partial charge in [-0.25, -0.2) is 0 Å². The Bertz CT molecular complexity index is 482. The summed E-state index contributed by atoms with van der Waals surface area (Å²) in [5.74, 6) is 3.98. The van der Waals surface area contributed by atoms with E-state index in [9.17, 15) is 0 Å². The molecule has 21 heavy (non-hydrogen) atoms. The average molecular weight is 283 g/mol. The van der Waals surface area contributed by atoms with Crippen LogP contribution in [0.3, 0.4) is 0 Å². The summed E-state index contributed by atoms with van der Waals surface area (Å²) in [6, 6.07) is 9.88. The highest BCUT2D eigenvalue weighted by molar-refractivity contribution is 5.40. The molecule has 1 heteroatoms. The van der Waals surface area contributed by atoms with Crippen molar-refractivity contribution in [2.45, 2.75) is 63.8 Å². The fourth-order valence-corrected chi connectivity index (χ4v) is 5.23. The second kappa shape index (κ2) is 5.76. The molecule has 0 bridgehead atoms. The Kier molecular flexibility index (Phi) is 3.79. The van der Waals surface area contributed by atoms with Crippen LogP contribution >= 0.6 is 0 Å². The number of benzene rings is 1. The fourth-order valence-electron chi connectivity index (χ4n) is 5.23. The highest BCUT2D eigenvalue weighted by Crippen LogP contribution is 2.58. The summed E-state index contributed by atoms with van der Waals surface area (Å²) in [6.45, 7) is 3.50. The quantitative estimate of drug-likeness (QED) is 0.809. The molecule has 2 fully saturated rings. The largest absolute Gasteiger partial charge is 0.314 e.